The third-order valence-corrected chi connectivity index (χ3v) is 6.87. The molecule has 0 atom stereocenters. The van der Waals surface area contributed by atoms with E-state index >= 15 is 0 Å². The van der Waals surface area contributed by atoms with E-state index in [0.29, 0.717) is 27.4 Å². The summed E-state index contributed by atoms with van der Waals surface area (Å²) in [5.74, 6) is -0.979. The highest BCUT2D eigenvalue weighted by molar-refractivity contribution is 7.17. The lowest BCUT2D eigenvalue weighted by Gasteiger charge is -2.13. The molecule has 0 radical (unpaired) electrons. The minimum atomic E-state index is -0.396. The number of carbonyl (C=O) groups is 3. The van der Waals surface area contributed by atoms with Gasteiger partial charge >= 0.3 is 5.97 Å². The number of nitrogens with one attached hydrogen (secondary N) is 2. The Hall–Kier alpha value is -3.45. The fraction of sp³-hybridized carbons (Fsp3) is 0.269. The molecule has 0 saturated heterocycles. The maximum absolute atomic E-state index is 13.1. The minimum absolute atomic E-state index is 0.244. The van der Waals surface area contributed by atoms with E-state index in [4.69, 9.17) is 4.74 Å². The number of ether oxygens (including phenoxy) is 1. The number of hydrogen-bond acceptors (Lipinski definition) is 5. The Labute approximate surface area is 197 Å². The Morgan fingerprint density at radius 3 is 2.42 bits per heavy atom. The molecule has 6 nitrogen and oxygen atoms in total. The average molecular weight is 463 g/mol. The van der Waals surface area contributed by atoms with Crippen LogP contribution < -0.4 is 10.6 Å². The van der Waals surface area contributed by atoms with Crippen LogP contribution in [0.5, 0.6) is 0 Å². The highest BCUT2D eigenvalue weighted by Crippen LogP contribution is 2.39. The number of thiophene rings is 1. The fourth-order valence-electron chi connectivity index (χ4n) is 3.93. The summed E-state index contributed by atoms with van der Waals surface area (Å²) in [7, 11) is 0. The fourth-order valence-corrected chi connectivity index (χ4v) is 5.20. The second kappa shape index (κ2) is 10.0. The molecular formula is C26H26N2O4S. The van der Waals surface area contributed by atoms with Crippen LogP contribution in [0.4, 0.5) is 10.7 Å². The second-order valence-corrected chi connectivity index (χ2v) is 9.04. The van der Waals surface area contributed by atoms with Gasteiger partial charge in [-0.3, -0.25) is 9.59 Å². The molecule has 1 heterocycles. The molecule has 0 unspecified atom stereocenters. The van der Waals surface area contributed by atoms with Crippen molar-refractivity contribution in [1.29, 1.82) is 0 Å². The number of esters is 1. The lowest BCUT2D eigenvalue weighted by Crippen LogP contribution is -2.17. The Morgan fingerprint density at radius 2 is 1.67 bits per heavy atom. The van der Waals surface area contributed by atoms with Crippen molar-refractivity contribution in [3.05, 3.63) is 81.2 Å². The van der Waals surface area contributed by atoms with E-state index in [0.717, 1.165) is 41.7 Å². The van der Waals surface area contributed by atoms with E-state index in [2.05, 4.69) is 10.6 Å². The minimum Gasteiger partial charge on any atom is -0.462 e. The van der Waals surface area contributed by atoms with Crippen molar-refractivity contribution < 1.29 is 19.1 Å². The van der Waals surface area contributed by atoms with Gasteiger partial charge in [0, 0.05) is 21.7 Å². The summed E-state index contributed by atoms with van der Waals surface area (Å²) in [6, 6.07) is 14.1. The summed E-state index contributed by atoms with van der Waals surface area (Å²) in [5, 5.41) is 6.33. The molecule has 7 heteroatoms. The van der Waals surface area contributed by atoms with Gasteiger partial charge in [0.15, 0.2) is 0 Å². The van der Waals surface area contributed by atoms with E-state index in [1.165, 1.54) is 11.3 Å². The Balaban J connectivity index is 1.58. The van der Waals surface area contributed by atoms with Gasteiger partial charge in [0.1, 0.15) is 5.00 Å². The lowest BCUT2D eigenvalue weighted by molar-refractivity contribution is 0.0526. The number of aryl methyl sites for hydroxylation is 2. The summed E-state index contributed by atoms with van der Waals surface area (Å²) >= 11 is 1.45. The quantitative estimate of drug-likeness (QED) is 0.466. The molecule has 0 bridgehead atoms. The standard InChI is InChI=1S/C26H26N2O4S/c1-3-32-26(31)22-19-11-7-8-12-21(19)33-25(22)28-24(30)18-14-13-16(2)20(15-18)27-23(29)17-9-5-4-6-10-17/h4-6,9-10,13-15H,3,7-8,11-12H2,1-2H3,(H,27,29)(H,28,30). The van der Waals surface area contributed by atoms with Gasteiger partial charge < -0.3 is 15.4 Å². The summed E-state index contributed by atoms with van der Waals surface area (Å²) in [5.41, 5.74) is 3.82. The molecule has 0 saturated carbocycles. The number of fused-ring (bicyclic) bond motifs is 1. The van der Waals surface area contributed by atoms with Gasteiger partial charge in [-0.1, -0.05) is 24.3 Å². The molecule has 2 N–H and O–H groups in total. The van der Waals surface area contributed by atoms with Crippen molar-refractivity contribution in [2.75, 3.05) is 17.2 Å². The van der Waals surface area contributed by atoms with Crippen LogP contribution in [-0.4, -0.2) is 24.4 Å². The maximum atomic E-state index is 13.1. The molecule has 1 aliphatic rings. The predicted octanol–water partition coefficient (Wildman–Crippen LogP) is 5.62. The van der Waals surface area contributed by atoms with Crippen LogP contribution in [-0.2, 0) is 17.6 Å². The first-order valence-corrected chi connectivity index (χ1v) is 11.9. The van der Waals surface area contributed by atoms with E-state index in [-0.39, 0.29) is 18.4 Å². The van der Waals surface area contributed by atoms with Gasteiger partial charge in [-0.25, -0.2) is 4.79 Å². The second-order valence-electron chi connectivity index (χ2n) is 7.94. The first kappa shape index (κ1) is 22.7. The summed E-state index contributed by atoms with van der Waals surface area (Å²) in [4.78, 5) is 39.5. The SMILES string of the molecule is CCOC(=O)c1c(NC(=O)c2ccc(C)c(NC(=O)c3ccccc3)c2)sc2c1CCCC2. The molecule has 0 aliphatic heterocycles. The van der Waals surface area contributed by atoms with Crippen LogP contribution in [0, 0.1) is 6.92 Å². The molecule has 0 spiro atoms. The Morgan fingerprint density at radius 1 is 0.939 bits per heavy atom. The third kappa shape index (κ3) is 4.98. The molecule has 33 heavy (non-hydrogen) atoms. The largest absolute Gasteiger partial charge is 0.462 e. The highest BCUT2D eigenvalue weighted by Gasteiger charge is 2.27. The van der Waals surface area contributed by atoms with Gasteiger partial charge in [-0.05, 0) is 74.9 Å². The first-order valence-electron chi connectivity index (χ1n) is 11.1. The number of benzene rings is 2. The van der Waals surface area contributed by atoms with E-state index in [1.54, 1.807) is 49.4 Å². The number of hydrogen-bond donors (Lipinski definition) is 2. The maximum Gasteiger partial charge on any atom is 0.341 e. The molecule has 2 amide bonds. The lowest BCUT2D eigenvalue weighted by atomic mass is 9.95. The van der Waals surface area contributed by atoms with Crippen LogP contribution in [0.2, 0.25) is 0 Å². The summed E-state index contributed by atoms with van der Waals surface area (Å²) in [6.07, 6.45) is 3.82. The summed E-state index contributed by atoms with van der Waals surface area (Å²) in [6.45, 7) is 3.92. The molecule has 2 aromatic carbocycles. The normalized spacial score (nSPS) is 12.5. The molecule has 1 aromatic heterocycles. The highest BCUT2D eigenvalue weighted by atomic mass is 32.1. The number of amides is 2. The molecule has 0 fully saturated rings. The van der Waals surface area contributed by atoms with Crippen LogP contribution in [0.3, 0.4) is 0 Å². The molecule has 170 valence electrons. The van der Waals surface area contributed by atoms with Gasteiger partial charge in [-0.15, -0.1) is 11.3 Å². The molecule has 3 aromatic rings. The monoisotopic (exact) mass is 462 g/mol. The average Bonchev–Trinajstić information content (AvgIpc) is 3.19. The van der Waals surface area contributed by atoms with Crippen molar-refractivity contribution >= 4 is 39.8 Å². The molecular weight excluding hydrogens is 436 g/mol. The topological polar surface area (TPSA) is 84.5 Å². The van der Waals surface area contributed by atoms with Crippen LogP contribution in [0.15, 0.2) is 48.5 Å². The van der Waals surface area contributed by atoms with Crippen molar-refractivity contribution in [2.45, 2.75) is 39.5 Å². The molecule has 1 aliphatic carbocycles. The smallest absolute Gasteiger partial charge is 0.341 e. The zero-order valence-electron chi connectivity index (χ0n) is 18.7. The number of rotatable bonds is 6. The van der Waals surface area contributed by atoms with Crippen molar-refractivity contribution in [1.82, 2.24) is 0 Å². The van der Waals surface area contributed by atoms with Crippen molar-refractivity contribution in [3.8, 4) is 0 Å². The van der Waals surface area contributed by atoms with E-state index in [1.807, 2.05) is 13.0 Å². The predicted molar refractivity (Wildman–Crippen MR) is 130 cm³/mol. The van der Waals surface area contributed by atoms with Gasteiger partial charge in [-0.2, -0.15) is 0 Å². The van der Waals surface area contributed by atoms with Crippen molar-refractivity contribution in [3.63, 3.8) is 0 Å². The number of carbonyl (C=O) groups excluding carboxylic acids is 3. The van der Waals surface area contributed by atoms with Gasteiger partial charge in [0.25, 0.3) is 11.8 Å². The number of anilines is 2. The van der Waals surface area contributed by atoms with Gasteiger partial charge in [0.05, 0.1) is 12.2 Å². The Kier molecular flexibility index (Phi) is 6.89. The van der Waals surface area contributed by atoms with Crippen LogP contribution in [0.1, 0.15) is 66.8 Å². The molecule has 4 rings (SSSR count). The zero-order valence-corrected chi connectivity index (χ0v) is 19.5. The first-order chi connectivity index (χ1) is 16.0. The van der Waals surface area contributed by atoms with Crippen molar-refractivity contribution in [2.24, 2.45) is 0 Å². The summed E-state index contributed by atoms with van der Waals surface area (Å²) < 4.78 is 5.27. The van der Waals surface area contributed by atoms with Gasteiger partial charge in [0.2, 0.25) is 0 Å². The van der Waals surface area contributed by atoms with Crippen LogP contribution in [0.25, 0.3) is 0 Å². The van der Waals surface area contributed by atoms with Crippen LogP contribution >= 0.6 is 11.3 Å². The van der Waals surface area contributed by atoms with E-state index < -0.39 is 5.97 Å². The van der Waals surface area contributed by atoms with E-state index in [9.17, 15) is 14.4 Å². The zero-order chi connectivity index (χ0) is 23.4. The third-order valence-electron chi connectivity index (χ3n) is 5.66. The Bertz CT molecular complexity index is 1200.